The van der Waals surface area contributed by atoms with Gasteiger partial charge in [-0.15, -0.1) is 0 Å². The predicted molar refractivity (Wildman–Crippen MR) is 125 cm³/mol. The van der Waals surface area contributed by atoms with Crippen LogP contribution >= 0.6 is 11.6 Å². The molecule has 0 bridgehead atoms. The lowest BCUT2D eigenvalue weighted by atomic mass is 10.1. The van der Waals surface area contributed by atoms with Crippen molar-refractivity contribution in [3.63, 3.8) is 0 Å². The Morgan fingerprint density at radius 1 is 1.09 bits per heavy atom. The summed E-state index contributed by atoms with van der Waals surface area (Å²) in [5.74, 6) is 1.38. The number of ether oxygens (including phenoxy) is 3. The number of fused-ring (bicyclic) bond motifs is 1. The molecule has 1 aliphatic heterocycles. The zero-order chi connectivity index (χ0) is 23.4. The fourth-order valence-electron chi connectivity index (χ4n) is 3.68. The number of para-hydroxylation sites is 1. The van der Waals surface area contributed by atoms with Crippen LogP contribution in [0.4, 0.5) is 5.69 Å². The van der Waals surface area contributed by atoms with Crippen molar-refractivity contribution in [3.8, 4) is 17.2 Å². The lowest BCUT2D eigenvalue weighted by Gasteiger charge is -2.22. The average Bonchev–Trinajstić information content (AvgIpc) is 2.97. The van der Waals surface area contributed by atoms with Gasteiger partial charge in [0.15, 0.2) is 18.1 Å². The third-order valence-corrected chi connectivity index (χ3v) is 5.59. The van der Waals surface area contributed by atoms with E-state index < -0.39 is 0 Å². The van der Waals surface area contributed by atoms with E-state index in [-0.39, 0.29) is 18.4 Å². The maximum absolute atomic E-state index is 12.8. The molecule has 2 amide bonds. The van der Waals surface area contributed by atoms with E-state index in [4.69, 9.17) is 25.8 Å². The molecular formula is C25H23ClN2O5. The van der Waals surface area contributed by atoms with Crippen molar-refractivity contribution in [2.75, 3.05) is 26.1 Å². The summed E-state index contributed by atoms with van der Waals surface area (Å²) in [4.78, 5) is 27.0. The Bertz CT molecular complexity index is 1180. The third kappa shape index (κ3) is 5.04. The number of anilines is 1. The molecule has 7 nitrogen and oxygen atoms in total. The van der Waals surface area contributed by atoms with Gasteiger partial charge in [-0.3, -0.25) is 9.59 Å². The first-order valence-corrected chi connectivity index (χ1v) is 10.7. The van der Waals surface area contributed by atoms with Crippen molar-refractivity contribution >= 4 is 29.1 Å². The zero-order valence-corrected chi connectivity index (χ0v) is 19.0. The van der Waals surface area contributed by atoms with E-state index in [1.165, 1.54) is 0 Å². The van der Waals surface area contributed by atoms with E-state index in [2.05, 4.69) is 5.32 Å². The van der Waals surface area contributed by atoms with Gasteiger partial charge in [0.25, 0.3) is 11.8 Å². The molecule has 0 atom stereocenters. The molecule has 0 aliphatic carbocycles. The van der Waals surface area contributed by atoms with E-state index in [0.29, 0.717) is 46.6 Å². The van der Waals surface area contributed by atoms with Crippen LogP contribution in [0.15, 0.2) is 60.7 Å². The van der Waals surface area contributed by atoms with E-state index >= 15 is 0 Å². The highest BCUT2D eigenvalue weighted by atomic mass is 35.5. The molecule has 1 heterocycles. The van der Waals surface area contributed by atoms with Crippen LogP contribution < -0.4 is 19.5 Å². The van der Waals surface area contributed by atoms with Crippen LogP contribution in [0.3, 0.4) is 0 Å². The summed E-state index contributed by atoms with van der Waals surface area (Å²) < 4.78 is 16.6. The Labute approximate surface area is 196 Å². The number of hydrogen-bond donors (Lipinski definition) is 1. The molecule has 0 saturated carbocycles. The topological polar surface area (TPSA) is 77.1 Å². The van der Waals surface area contributed by atoms with Crippen molar-refractivity contribution in [2.24, 2.45) is 0 Å². The van der Waals surface area contributed by atoms with Crippen LogP contribution in [0.2, 0.25) is 5.02 Å². The summed E-state index contributed by atoms with van der Waals surface area (Å²) in [5.41, 5.74) is 2.70. The summed E-state index contributed by atoms with van der Waals surface area (Å²) in [6.07, 6.45) is 0. The highest BCUT2D eigenvalue weighted by Gasteiger charge is 2.24. The Morgan fingerprint density at radius 2 is 1.88 bits per heavy atom. The Morgan fingerprint density at radius 3 is 2.61 bits per heavy atom. The summed E-state index contributed by atoms with van der Waals surface area (Å²) in [7, 11) is 3.14. The lowest BCUT2D eigenvalue weighted by Crippen LogP contribution is -2.32. The summed E-state index contributed by atoms with van der Waals surface area (Å²) >= 11 is 5.90. The fourth-order valence-corrected chi connectivity index (χ4v) is 3.80. The number of halogens is 1. The summed E-state index contributed by atoms with van der Waals surface area (Å²) in [6.45, 7) is 0.568. The van der Waals surface area contributed by atoms with E-state index in [9.17, 15) is 9.59 Å². The monoisotopic (exact) mass is 466 g/mol. The van der Waals surface area contributed by atoms with E-state index in [1.807, 2.05) is 18.2 Å². The SMILES string of the molecule is COc1cccc(CN2Cc3cc(NC(=O)c4ccc(Cl)cc4)ccc3OCC2=O)c1OC. The summed E-state index contributed by atoms with van der Waals surface area (Å²) in [6, 6.07) is 17.5. The molecule has 4 rings (SSSR count). The minimum absolute atomic E-state index is 0.0736. The molecule has 1 N–H and O–H groups in total. The second kappa shape index (κ2) is 9.83. The maximum atomic E-state index is 12.8. The van der Waals surface area contributed by atoms with Crippen LogP contribution in [0.1, 0.15) is 21.5 Å². The van der Waals surface area contributed by atoms with Gasteiger partial charge in [-0.25, -0.2) is 0 Å². The highest BCUT2D eigenvalue weighted by Crippen LogP contribution is 2.33. The minimum Gasteiger partial charge on any atom is -0.493 e. The van der Waals surface area contributed by atoms with Crippen LogP contribution in [0.25, 0.3) is 0 Å². The second-order valence-corrected chi connectivity index (χ2v) is 7.91. The van der Waals surface area contributed by atoms with Crippen molar-refractivity contribution in [3.05, 3.63) is 82.4 Å². The van der Waals surface area contributed by atoms with E-state index in [1.54, 1.807) is 61.6 Å². The molecule has 170 valence electrons. The molecule has 0 radical (unpaired) electrons. The molecule has 0 aromatic heterocycles. The highest BCUT2D eigenvalue weighted by molar-refractivity contribution is 6.30. The molecule has 1 aliphatic rings. The number of methoxy groups -OCH3 is 2. The lowest BCUT2D eigenvalue weighted by molar-refractivity contribution is -0.133. The third-order valence-electron chi connectivity index (χ3n) is 5.34. The molecule has 0 unspecified atom stereocenters. The largest absolute Gasteiger partial charge is 0.493 e. The van der Waals surface area contributed by atoms with Crippen LogP contribution in [0.5, 0.6) is 17.2 Å². The number of carbonyl (C=O) groups excluding carboxylic acids is 2. The minimum atomic E-state index is -0.254. The van der Waals surface area contributed by atoms with Gasteiger partial charge in [0.1, 0.15) is 5.75 Å². The van der Waals surface area contributed by atoms with Gasteiger partial charge in [-0.1, -0.05) is 23.7 Å². The molecule has 0 spiro atoms. The zero-order valence-electron chi connectivity index (χ0n) is 18.3. The predicted octanol–water partition coefficient (Wildman–Crippen LogP) is 4.53. The molecule has 0 fully saturated rings. The number of rotatable bonds is 6. The molecule has 8 heteroatoms. The standard InChI is InChI=1S/C25H23ClN2O5/c1-31-22-5-3-4-17(24(22)32-2)13-28-14-18-12-20(10-11-21(18)33-15-23(28)29)27-25(30)16-6-8-19(26)9-7-16/h3-12H,13-15H2,1-2H3,(H,27,30). The number of amides is 2. The molecular weight excluding hydrogens is 444 g/mol. The average molecular weight is 467 g/mol. The first-order chi connectivity index (χ1) is 16.0. The van der Waals surface area contributed by atoms with Crippen molar-refractivity contribution in [1.29, 1.82) is 0 Å². The van der Waals surface area contributed by atoms with Crippen molar-refractivity contribution in [2.45, 2.75) is 13.1 Å². The Kier molecular flexibility index (Phi) is 6.70. The molecule has 3 aromatic rings. The van der Waals surface area contributed by atoms with Gasteiger partial charge < -0.3 is 24.4 Å². The fraction of sp³-hybridized carbons (Fsp3) is 0.200. The number of hydrogen-bond acceptors (Lipinski definition) is 5. The van der Waals surface area contributed by atoms with Crippen LogP contribution in [-0.2, 0) is 17.9 Å². The van der Waals surface area contributed by atoms with Gasteiger partial charge >= 0.3 is 0 Å². The second-order valence-electron chi connectivity index (χ2n) is 7.47. The van der Waals surface area contributed by atoms with Gasteiger partial charge in [0.2, 0.25) is 0 Å². The molecule has 3 aromatic carbocycles. The molecule has 0 saturated heterocycles. The number of benzene rings is 3. The normalized spacial score (nSPS) is 12.9. The quantitative estimate of drug-likeness (QED) is 0.577. The maximum Gasteiger partial charge on any atom is 0.261 e. The van der Waals surface area contributed by atoms with E-state index in [0.717, 1.165) is 11.1 Å². The van der Waals surface area contributed by atoms with Gasteiger partial charge in [0, 0.05) is 40.5 Å². The first-order valence-electron chi connectivity index (χ1n) is 10.3. The van der Waals surface area contributed by atoms with Gasteiger partial charge in [-0.2, -0.15) is 0 Å². The van der Waals surface area contributed by atoms with Gasteiger partial charge in [0.05, 0.1) is 14.2 Å². The summed E-state index contributed by atoms with van der Waals surface area (Å²) in [5, 5.41) is 3.44. The molecule has 33 heavy (non-hydrogen) atoms. The first kappa shape index (κ1) is 22.5. The van der Waals surface area contributed by atoms with Crippen LogP contribution in [0, 0.1) is 0 Å². The van der Waals surface area contributed by atoms with Gasteiger partial charge in [-0.05, 0) is 48.5 Å². The number of nitrogens with zero attached hydrogens (tertiary/aromatic N) is 1. The number of nitrogens with one attached hydrogen (secondary N) is 1. The van der Waals surface area contributed by atoms with Crippen molar-refractivity contribution < 1.29 is 23.8 Å². The smallest absolute Gasteiger partial charge is 0.261 e. The number of carbonyl (C=O) groups is 2. The van der Waals surface area contributed by atoms with Crippen LogP contribution in [-0.4, -0.2) is 37.5 Å². The Hall–Kier alpha value is -3.71. The Balaban J connectivity index is 1.55. The van der Waals surface area contributed by atoms with Crippen molar-refractivity contribution in [1.82, 2.24) is 4.90 Å².